The van der Waals surface area contributed by atoms with Gasteiger partial charge in [-0.2, -0.15) is 0 Å². The first-order valence-corrected chi connectivity index (χ1v) is 6.98. The smallest absolute Gasteiger partial charge is 0.250 e. The van der Waals surface area contributed by atoms with Crippen LogP contribution in [0.25, 0.3) is 0 Å². The molecule has 110 valence electrons. The number of halogens is 2. The van der Waals surface area contributed by atoms with Gasteiger partial charge in [-0.3, -0.25) is 4.79 Å². The number of alkyl halides is 2. The molecule has 2 N–H and O–H groups in total. The Morgan fingerprint density at radius 2 is 1.95 bits per heavy atom. The van der Waals surface area contributed by atoms with E-state index in [1.807, 2.05) is 24.0 Å². The molecule has 2 rings (SSSR count). The number of nitrogens with zero attached hydrogens (tertiary/aromatic N) is 1. The van der Waals surface area contributed by atoms with E-state index in [1.165, 1.54) is 0 Å². The van der Waals surface area contributed by atoms with Crippen molar-refractivity contribution < 1.29 is 13.6 Å². The first-order valence-electron chi connectivity index (χ1n) is 6.98. The van der Waals surface area contributed by atoms with Gasteiger partial charge in [0.25, 0.3) is 5.91 Å². The van der Waals surface area contributed by atoms with Crippen LogP contribution in [0.15, 0.2) is 24.3 Å². The van der Waals surface area contributed by atoms with E-state index >= 15 is 0 Å². The van der Waals surface area contributed by atoms with Crippen LogP contribution >= 0.6 is 0 Å². The second-order valence-corrected chi connectivity index (χ2v) is 5.25. The van der Waals surface area contributed by atoms with Gasteiger partial charge in [-0.15, -0.1) is 0 Å². The number of hydrogen-bond donors (Lipinski definition) is 1. The van der Waals surface area contributed by atoms with E-state index in [9.17, 15) is 13.6 Å². The van der Waals surface area contributed by atoms with Crippen LogP contribution in [0.3, 0.4) is 0 Å². The molecule has 1 amide bonds. The highest BCUT2D eigenvalue weighted by Crippen LogP contribution is 2.37. The molecule has 5 heteroatoms. The summed E-state index contributed by atoms with van der Waals surface area (Å²) in [6.07, 6.45) is 0.696. The molecule has 1 aliphatic rings. The lowest BCUT2D eigenvalue weighted by molar-refractivity contribution is -0.0380. The van der Waals surface area contributed by atoms with Crippen LogP contribution in [-0.4, -0.2) is 24.4 Å². The predicted molar refractivity (Wildman–Crippen MR) is 75.2 cm³/mol. The minimum Gasteiger partial charge on any atom is -0.368 e. The molecule has 0 aromatic heterocycles. The first-order chi connectivity index (χ1) is 9.44. The fourth-order valence-corrected chi connectivity index (χ4v) is 2.89. The SMILES string of the molecule is CCN(c1ccccc1C(N)=O)C1CCC(F)(F)CC1. The molecule has 3 nitrogen and oxygen atoms in total. The van der Waals surface area contributed by atoms with Gasteiger partial charge in [0.2, 0.25) is 5.92 Å². The lowest BCUT2D eigenvalue weighted by Gasteiger charge is -2.38. The van der Waals surface area contributed by atoms with E-state index < -0.39 is 11.8 Å². The molecule has 0 unspecified atom stereocenters. The Bertz CT molecular complexity index is 481. The number of carbonyl (C=O) groups is 1. The van der Waals surface area contributed by atoms with Gasteiger partial charge in [-0.05, 0) is 31.9 Å². The van der Waals surface area contributed by atoms with Gasteiger partial charge in [0.05, 0.1) is 5.56 Å². The maximum Gasteiger partial charge on any atom is 0.250 e. The van der Waals surface area contributed by atoms with Crippen molar-refractivity contribution in [3.05, 3.63) is 29.8 Å². The Kier molecular flexibility index (Phi) is 4.26. The summed E-state index contributed by atoms with van der Waals surface area (Å²) < 4.78 is 26.5. The number of benzene rings is 1. The maximum absolute atomic E-state index is 13.3. The lowest BCUT2D eigenvalue weighted by Crippen LogP contribution is -2.41. The normalized spacial score (nSPS) is 18.8. The summed E-state index contributed by atoms with van der Waals surface area (Å²) in [4.78, 5) is 13.5. The fourth-order valence-electron chi connectivity index (χ4n) is 2.89. The molecule has 0 bridgehead atoms. The van der Waals surface area contributed by atoms with E-state index in [0.29, 0.717) is 24.9 Å². The lowest BCUT2D eigenvalue weighted by atomic mass is 9.90. The van der Waals surface area contributed by atoms with Crippen LogP contribution in [0.1, 0.15) is 43.0 Å². The van der Waals surface area contributed by atoms with Crippen molar-refractivity contribution in [1.29, 1.82) is 0 Å². The second kappa shape index (κ2) is 5.77. The van der Waals surface area contributed by atoms with Crippen molar-refractivity contribution in [2.75, 3.05) is 11.4 Å². The predicted octanol–water partition coefficient (Wildman–Crippen LogP) is 3.19. The summed E-state index contributed by atoms with van der Waals surface area (Å²) >= 11 is 0. The molecule has 1 aliphatic carbocycles. The van der Waals surface area contributed by atoms with Gasteiger partial charge in [0, 0.05) is 31.1 Å². The highest BCUT2D eigenvalue weighted by Gasteiger charge is 2.37. The molecule has 0 spiro atoms. The van der Waals surface area contributed by atoms with Gasteiger partial charge in [0.1, 0.15) is 0 Å². The molecule has 0 aliphatic heterocycles. The van der Waals surface area contributed by atoms with Crippen LogP contribution < -0.4 is 10.6 Å². The molecule has 1 aromatic rings. The van der Waals surface area contributed by atoms with Crippen molar-refractivity contribution in [2.24, 2.45) is 5.73 Å². The third-order valence-electron chi connectivity index (χ3n) is 3.95. The topological polar surface area (TPSA) is 46.3 Å². The molecule has 0 heterocycles. The Balaban J connectivity index is 2.23. The molecule has 1 saturated carbocycles. The largest absolute Gasteiger partial charge is 0.368 e. The van der Waals surface area contributed by atoms with E-state index in [4.69, 9.17) is 5.73 Å². The zero-order valence-electron chi connectivity index (χ0n) is 11.6. The average Bonchev–Trinajstić information content (AvgIpc) is 2.41. The molecular formula is C15H20F2N2O. The number of carbonyl (C=O) groups excluding carboxylic acids is 1. The average molecular weight is 282 g/mol. The van der Waals surface area contributed by atoms with Crippen molar-refractivity contribution in [3.63, 3.8) is 0 Å². The van der Waals surface area contributed by atoms with Crippen molar-refractivity contribution in [2.45, 2.75) is 44.6 Å². The number of para-hydroxylation sites is 1. The number of nitrogens with two attached hydrogens (primary N) is 1. The maximum atomic E-state index is 13.3. The summed E-state index contributed by atoms with van der Waals surface area (Å²) in [5.41, 5.74) is 6.59. The van der Waals surface area contributed by atoms with Gasteiger partial charge in [0.15, 0.2) is 0 Å². The van der Waals surface area contributed by atoms with Gasteiger partial charge in [-0.25, -0.2) is 8.78 Å². The number of primary amides is 1. The monoisotopic (exact) mass is 282 g/mol. The van der Waals surface area contributed by atoms with E-state index in [2.05, 4.69) is 0 Å². The number of hydrogen-bond acceptors (Lipinski definition) is 2. The van der Waals surface area contributed by atoms with Gasteiger partial charge < -0.3 is 10.6 Å². The Labute approximate surface area is 117 Å². The minimum absolute atomic E-state index is 0.0418. The molecular weight excluding hydrogens is 262 g/mol. The molecule has 0 saturated heterocycles. The minimum atomic E-state index is -2.54. The quantitative estimate of drug-likeness (QED) is 0.922. The zero-order valence-corrected chi connectivity index (χ0v) is 11.6. The second-order valence-electron chi connectivity index (χ2n) is 5.25. The number of rotatable bonds is 4. The first kappa shape index (κ1) is 14.8. The molecule has 0 atom stereocenters. The molecule has 1 aromatic carbocycles. The summed E-state index contributed by atoms with van der Waals surface area (Å²) in [7, 11) is 0. The van der Waals surface area contributed by atoms with Gasteiger partial charge in [-0.1, -0.05) is 12.1 Å². The number of amides is 1. The third-order valence-corrected chi connectivity index (χ3v) is 3.95. The van der Waals surface area contributed by atoms with Crippen LogP contribution in [0.2, 0.25) is 0 Å². The Morgan fingerprint density at radius 1 is 1.35 bits per heavy atom. The van der Waals surface area contributed by atoms with Gasteiger partial charge >= 0.3 is 0 Å². The van der Waals surface area contributed by atoms with Crippen LogP contribution in [0, 0.1) is 0 Å². The van der Waals surface area contributed by atoms with E-state index in [-0.39, 0.29) is 18.9 Å². The fraction of sp³-hybridized carbons (Fsp3) is 0.533. The zero-order chi connectivity index (χ0) is 14.8. The summed E-state index contributed by atoms with van der Waals surface area (Å²) in [5, 5.41) is 0. The van der Waals surface area contributed by atoms with Crippen LogP contribution in [0.4, 0.5) is 14.5 Å². The highest BCUT2D eigenvalue weighted by atomic mass is 19.3. The van der Waals surface area contributed by atoms with Crippen molar-refractivity contribution in [3.8, 4) is 0 Å². The molecule has 1 fully saturated rings. The van der Waals surface area contributed by atoms with Crippen LogP contribution in [0.5, 0.6) is 0 Å². The van der Waals surface area contributed by atoms with E-state index in [1.54, 1.807) is 12.1 Å². The Hall–Kier alpha value is -1.65. The Morgan fingerprint density at radius 3 is 2.50 bits per heavy atom. The molecule has 0 radical (unpaired) electrons. The highest BCUT2D eigenvalue weighted by molar-refractivity contribution is 5.98. The number of anilines is 1. The van der Waals surface area contributed by atoms with E-state index in [0.717, 1.165) is 5.69 Å². The summed E-state index contributed by atoms with van der Waals surface area (Å²) in [5.74, 6) is -3.03. The van der Waals surface area contributed by atoms with Crippen molar-refractivity contribution in [1.82, 2.24) is 0 Å². The molecule has 20 heavy (non-hydrogen) atoms. The summed E-state index contributed by atoms with van der Waals surface area (Å²) in [6, 6.07) is 7.14. The van der Waals surface area contributed by atoms with Crippen molar-refractivity contribution >= 4 is 11.6 Å². The third kappa shape index (κ3) is 3.08. The summed E-state index contributed by atoms with van der Waals surface area (Å²) in [6.45, 7) is 2.63. The standard InChI is InChI=1S/C15H20F2N2O/c1-2-19(11-7-9-15(16,17)10-8-11)13-6-4-3-5-12(13)14(18)20/h3-6,11H,2,7-10H2,1H3,(H2,18,20). The van der Waals surface area contributed by atoms with Crippen LogP contribution in [-0.2, 0) is 0 Å².